The van der Waals surface area contributed by atoms with Gasteiger partial charge in [-0.2, -0.15) is 0 Å². The topological polar surface area (TPSA) is 52.6 Å². The van der Waals surface area contributed by atoms with Crippen molar-refractivity contribution in [1.82, 2.24) is 16.2 Å². The van der Waals surface area contributed by atoms with Crippen LogP contribution in [0.15, 0.2) is 18.2 Å². The van der Waals surface area contributed by atoms with Crippen molar-refractivity contribution in [2.24, 2.45) is 0 Å². The van der Waals surface area contributed by atoms with Crippen LogP contribution in [0, 0.1) is 11.6 Å². The fraction of sp³-hybridized carbons (Fsp3) is 0.333. The van der Waals surface area contributed by atoms with Crippen molar-refractivity contribution in [1.29, 1.82) is 0 Å². The summed E-state index contributed by atoms with van der Waals surface area (Å²) >= 11 is 9.99. The molecule has 5 N–H and O–H groups in total. The predicted molar refractivity (Wildman–Crippen MR) is 87.1 cm³/mol. The Morgan fingerprint density at radius 2 is 1.81 bits per heavy atom. The van der Waals surface area contributed by atoms with Crippen molar-refractivity contribution < 1.29 is 13.7 Å². The molecule has 0 unspecified atom stereocenters. The zero-order valence-corrected chi connectivity index (χ0v) is 13.4. The molecule has 0 aliphatic carbocycles. The maximum absolute atomic E-state index is 13.4. The molecule has 0 amide bonds. The standard InChI is InChI=1S/C12H17F2N5S2/c1-19(2)6-5-15-11(20)17-18-12(21)16-10-4-3-8(13)7-9(10)14/h3-4,7H,5-6H2,1-2H3,(H2,15,17,20)(H2,16,18,21)/p+1. The third-order valence-corrected chi connectivity index (χ3v) is 2.83. The quantitative estimate of drug-likeness (QED) is 0.388. The highest BCUT2D eigenvalue weighted by atomic mass is 32.1. The molecule has 0 bridgehead atoms. The summed E-state index contributed by atoms with van der Waals surface area (Å²) in [5, 5.41) is 6.06. The molecule has 0 spiro atoms. The van der Waals surface area contributed by atoms with Gasteiger partial charge in [-0.3, -0.25) is 10.9 Å². The van der Waals surface area contributed by atoms with Crippen molar-refractivity contribution in [3.8, 4) is 0 Å². The summed E-state index contributed by atoms with van der Waals surface area (Å²) in [6.45, 7) is 1.62. The van der Waals surface area contributed by atoms with Crippen molar-refractivity contribution in [2.75, 3.05) is 32.5 Å². The largest absolute Gasteiger partial charge is 0.356 e. The second kappa shape index (κ2) is 8.65. The number of hydrogen-bond acceptors (Lipinski definition) is 2. The van der Waals surface area contributed by atoms with Gasteiger partial charge in [0.2, 0.25) is 0 Å². The summed E-state index contributed by atoms with van der Waals surface area (Å²) in [4.78, 5) is 1.29. The molecule has 9 heteroatoms. The van der Waals surface area contributed by atoms with E-state index in [1.54, 1.807) is 0 Å². The Hall–Kier alpha value is -1.58. The maximum atomic E-state index is 13.4. The van der Waals surface area contributed by atoms with Crippen LogP contribution in [0.2, 0.25) is 0 Å². The highest BCUT2D eigenvalue weighted by molar-refractivity contribution is 7.80. The SMILES string of the molecule is C[NH+](C)CCNC(=S)NNC(=S)Nc1ccc(F)cc1F. The Bertz CT molecular complexity index is 510. The van der Waals surface area contributed by atoms with E-state index in [9.17, 15) is 8.78 Å². The fourth-order valence-electron chi connectivity index (χ4n) is 1.33. The molecular weight excluding hydrogens is 316 g/mol. The molecule has 0 saturated heterocycles. The van der Waals surface area contributed by atoms with E-state index in [-0.39, 0.29) is 10.8 Å². The number of rotatable bonds is 4. The second-order valence-electron chi connectivity index (χ2n) is 4.54. The van der Waals surface area contributed by atoms with Crippen LogP contribution >= 0.6 is 24.4 Å². The van der Waals surface area contributed by atoms with Gasteiger partial charge in [0.15, 0.2) is 10.2 Å². The van der Waals surface area contributed by atoms with Crippen LogP contribution in [-0.2, 0) is 0 Å². The highest BCUT2D eigenvalue weighted by Crippen LogP contribution is 2.14. The molecule has 0 saturated carbocycles. The monoisotopic (exact) mass is 334 g/mol. The number of halogens is 2. The van der Waals surface area contributed by atoms with E-state index in [0.29, 0.717) is 11.7 Å². The van der Waals surface area contributed by atoms with Gasteiger partial charge in [0.1, 0.15) is 11.6 Å². The molecular formula is C12H18F2N5S2+. The molecule has 1 aromatic rings. The normalized spacial score (nSPS) is 10.1. The summed E-state index contributed by atoms with van der Waals surface area (Å²) in [5.41, 5.74) is 5.35. The molecule has 0 heterocycles. The average molecular weight is 334 g/mol. The lowest BCUT2D eigenvalue weighted by Gasteiger charge is -2.15. The van der Waals surface area contributed by atoms with Crippen LogP contribution in [0.5, 0.6) is 0 Å². The van der Waals surface area contributed by atoms with Crippen LogP contribution in [0.1, 0.15) is 0 Å². The number of hydrazine groups is 1. The fourth-order valence-corrected chi connectivity index (χ4v) is 1.64. The molecule has 5 nitrogen and oxygen atoms in total. The van der Waals surface area contributed by atoms with E-state index in [1.807, 2.05) is 14.1 Å². The minimum atomic E-state index is -0.728. The van der Waals surface area contributed by atoms with Crippen molar-refractivity contribution >= 4 is 40.3 Å². The van der Waals surface area contributed by atoms with Crippen LogP contribution in [0.4, 0.5) is 14.5 Å². The van der Waals surface area contributed by atoms with Gasteiger partial charge in [0.25, 0.3) is 0 Å². The molecule has 116 valence electrons. The first-order valence-corrected chi connectivity index (χ1v) is 7.05. The zero-order valence-electron chi connectivity index (χ0n) is 11.7. The Kier molecular flexibility index (Phi) is 7.20. The lowest BCUT2D eigenvalue weighted by atomic mass is 10.3. The van der Waals surface area contributed by atoms with Crippen LogP contribution in [0.3, 0.4) is 0 Å². The third-order valence-electron chi connectivity index (χ3n) is 2.38. The minimum Gasteiger partial charge on any atom is -0.356 e. The van der Waals surface area contributed by atoms with E-state index in [0.717, 1.165) is 18.7 Å². The van der Waals surface area contributed by atoms with Gasteiger partial charge in [-0.05, 0) is 36.6 Å². The lowest BCUT2D eigenvalue weighted by molar-refractivity contribution is -0.856. The van der Waals surface area contributed by atoms with E-state index in [1.165, 1.54) is 11.0 Å². The molecule has 1 aromatic carbocycles. The Balaban J connectivity index is 2.32. The minimum absolute atomic E-state index is 0.0748. The average Bonchev–Trinajstić information content (AvgIpc) is 2.39. The van der Waals surface area contributed by atoms with Crippen LogP contribution < -0.4 is 26.4 Å². The first kappa shape index (κ1) is 17.5. The van der Waals surface area contributed by atoms with E-state index in [4.69, 9.17) is 24.4 Å². The second-order valence-corrected chi connectivity index (χ2v) is 5.36. The number of anilines is 1. The molecule has 0 aliphatic heterocycles. The summed E-state index contributed by atoms with van der Waals surface area (Å²) in [6, 6.07) is 3.17. The number of benzene rings is 1. The van der Waals surface area contributed by atoms with E-state index in [2.05, 4.69) is 21.5 Å². The van der Waals surface area contributed by atoms with Crippen molar-refractivity contribution in [2.45, 2.75) is 0 Å². The Morgan fingerprint density at radius 1 is 1.14 bits per heavy atom. The molecule has 0 atom stereocenters. The summed E-state index contributed by atoms with van der Waals surface area (Å²) in [7, 11) is 4.07. The molecule has 1 rings (SSSR count). The number of nitrogens with one attached hydrogen (secondary N) is 5. The predicted octanol–water partition coefficient (Wildman–Crippen LogP) is -0.225. The Morgan fingerprint density at radius 3 is 2.43 bits per heavy atom. The smallest absolute Gasteiger partial charge is 0.189 e. The summed E-state index contributed by atoms with van der Waals surface area (Å²) < 4.78 is 26.2. The molecule has 0 radical (unpaired) electrons. The van der Waals surface area contributed by atoms with Crippen LogP contribution in [-0.4, -0.2) is 37.4 Å². The summed E-state index contributed by atoms with van der Waals surface area (Å²) in [6.07, 6.45) is 0. The number of likely N-dealkylation sites (N-methyl/N-ethyl adjacent to an activating group) is 1. The van der Waals surface area contributed by atoms with Gasteiger partial charge in [-0.15, -0.1) is 0 Å². The van der Waals surface area contributed by atoms with Gasteiger partial charge in [-0.1, -0.05) is 0 Å². The van der Waals surface area contributed by atoms with Gasteiger partial charge in [-0.25, -0.2) is 8.78 Å². The van der Waals surface area contributed by atoms with Gasteiger partial charge in [0, 0.05) is 6.07 Å². The first-order valence-electron chi connectivity index (χ1n) is 6.23. The van der Waals surface area contributed by atoms with Crippen molar-refractivity contribution in [3.05, 3.63) is 29.8 Å². The maximum Gasteiger partial charge on any atom is 0.189 e. The number of hydrogen-bond donors (Lipinski definition) is 5. The van der Waals surface area contributed by atoms with E-state index < -0.39 is 11.6 Å². The van der Waals surface area contributed by atoms with Gasteiger partial charge < -0.3 is 15.5 Å². The molecule has 21 heavy (non-hydrogen) atoms. The zero-order chi connectivity index (χ0) is 15.8. The van der Waals surface area contributed by atoms with Gasteiger partial charge in [0.05, 0.1) is 32.9 Å². The Labute approximate surface area is 133 Å². The third kappa shape index (κ3) is 7.11. The number of quaternary nitrogens is 1. The highest BCUT2D eigenvalue weighted by Gasteiger charge is 2.05. The first-order chi connectivity index (χ1) is 9.88. The van der Waals surface area contributed by atoms with Crippen LogP contribution in [0.25, 0.3) is 0 Å². The lowest BCUT2D eigenvalue weighted by Crippen LogP contribution is -3.06. The molecule has 0 fully saturated rings. The summed E-state index contributed by atoms with van der Waals surface area (Å²) in [5.74, 6) is -1.38. The molecule has 0 aliphatic rings. The van der Waals surface area contributed by atoms with Gasteiger partial charge >= 0.3 is 0 Å². The number of thiocarbonyl (C=S) groups is 2. The van der Waals surface area contributed by atoms with Crippen molar-refractivity contribution in [3.63, 3.8) is 0 Å². The molecule has 0 aromatic heterocycles. The van der Waals surface area contributed by atoms with E-state index >= 15 is 0 Å².